The highest BCUT2D eigenvalue weighted by Gasteiger charge is 2.35. The quantitative estimate of drug-likeness (QED) is 0.907. The summed E-state index contributed by atoms with van der Waals surface area (Å²) in [5.41, 5.74) is 3.63. The second-order valence-electron chi connectivity index (χ2n) is 5.23. The number of hydrazine groups is 1. The minimum absolute atomic E-state index is 0.0476. The maximum Gasteiger partial charge on any atom is 0.335 e. The number of aromatic carboxylic acids is 1. The van der Waals surface area contributed by atoms with Crippen molar-refractivity contribution in [2.45, 2.75) is 12.3 Å². The molecule has 6 heteroatoms. The molecule has 2 N–H and O–H groups in total. The number of rotatable bonds is 3. The van der Waals surface area contributed by atoms with Crippen molar-refractivity contribution in [1.29, 1.82) is 0 Å². The lowest BCUT2D eigenvalue weighted by molar-refractivity contribution is -0.132. The second-order valence-corrected chi connectivity index (χ2v) is 5.23. The van der Waals surface area contributed by atoms with Gasteiger partial charge in [0.1, 0.15) is 0 Å². The molecule has 1 fully saturated rings. The van der Waals surface area contributed by atoms with Crippen molar-refractivity contribution >= 4 is 23.5 Å². The molecular formula is C17H14N2O4. The van der Waals surface area contributed by atoms with Crippen LogP contribution in [0.2, 0.25) is 0 Å². The number of carbonyl (C=O) groups is 3. The number of benzene rings is 2. The second kappa shape index (κ2) is 5.92. The van der Waals surface area contributed by atoms with Crippen LogP contribution in [0.15, 0.2) is 54.6 Å². The van der Waals surface area contributed by atoms with Crippen LogP contribution < -0.4 is 10.4 Å². The number of nitrogens with one attached hydrogen (secondary N) is 1. The number of hydrogen-bond donors (Lipinski definition) is 2. The predicted molar refractivity (Wildman–Crippen MR) is 82.8 cm³/mol. The lowest BCUT2D eigenvalue weighted by Gasteiger charge is -2.32. The number of carboxylic acids is 1. The molecule has 0 spiro atoms. The summed E-state index contributed by atoms with van der Waals surface area (Å²) < 4.78 is 0. The Morgan fingerprint density at radius 1 is 1.09 bits per heavy atom. The Morgan fingerprint density at radius 2 is 1.83 bits per heavy atom. The summed E-state index contributed by atoms with van der Waals surface area (Å²) in [6.45, 7) is 0. The molecule has 0 bridgehead atoms. The van der Waals surface area contributed by atoms with Crippen molar-refractivity contribution in [1.82, 2.24) is 5.43 Å². The molecule has 2 aromatic carbocycles. The van der Waals surface area contributed by atoms with Crippen molar-refractivity contribution in [2.24, 2.45) is 0 Å². The summed E-state index contributed by atoms with van der Waals surface area (Å²) in [6, 6.07) is 15.0. The average molecular weight is 310 g/mol. The Kier molecular flexibility index (Phi) is 3.80. The summed E-state index contributed by atoms with van der Waals surface area (Å²) in [5.74, 6) is -2.27. The molecule has 23 heavy (non-hydrogen) atoms. The number of carboxylic acid groups (broad SMARTS) is 1. The van der Waals surface area contributed by atoms with Crippen molar-refractivity contribution in [3.8, 4) is 0 Å². The van der Waals surface area contributed by atoms with Crippen LogP contribution in [0.3, 0.4) is 0 Å². The SMILES string of the molecule is O=C1CC(c2ccccc2)C(=O)N(c2cccc(C(=O)O)c2)N1. The number of nitrogens with zero attached hydrogens (tertiary/aromatic N) is 1. The van der Waals surface area contributed by atoms with E-state index in [1.807, 2.05) is 18.2 Å². The molecule has 1 atom stereocenters. The van der Waals surface area contributed by atoms with E-state index in [9.17, 15) is 14.4 Å². The zero-order chi connectivity index (χ0) is 16.4. The molecular weight excluding hydrogens is 296 g/mol. The molecule has 116 valence electrons. The Morgan fingerprint density at radius 3 is 2.52 bits per heavy atom. The topological polar surface area (TPSA) is 86.7 Å². The van der Waals surface area contributed by atoms with Gasteiger partial charge in [0.25, 0.3) is 5.91 Å². The summed E-state index contributed by atoms with van der Waals surface area (Å²) >= 11 is 0. The first kappa shape index (κ1) is 14.8. The molecule has 1 aliphatic heterocycles. The lowest BCUT2D eigenvalue weighted by Crippen LogP contribution is -2.53. The zero-order valence-corrected chi connectivity index (χ0v) is 12.1. The molecule has 0 radical (unpaired) electrons. The van der Waals surface area contributed by atoms with Crippen LogP contribution in [0.1, 0.15) is 28.3 Å². The van der Waals surface area contributed by atoms with Gasteiger partial charge in [0, 0.05) is 6.42 Å². The zero-order valence-electron chi connectivity index (χ0n) is 12.1. The number of hydrogen-bond acceptors (Lipinski definition) is 3. The molecule has 2 amide bonds. The minimum atomic E-state index is -1.10. The molecule has 0 aromatic heterocycles. The van der Waals surface area contributed by atoms with Crippen molar-refractivity contribution in [2.75, 3.05) is 5.01 Å². The monoisotopic (exact) mass is 310 g/mol. The molecule has 3 rings (SSSR count). The third kappa shape index (κ3) is 2.91. The largest absolute Gasteiger partial charge is 0.478 e. The normalized spacial score (nSPS) is 17.7. The van der Waals surface area contributed by atoms with Gasteiger partial charge in [0.15, 0.2) is 0 Å². The molecule has 6 nitrogen and oxygen atoms in total. The van der Waals surface area contributed by atoms with Gasteiger partial charge in [0.05, 0.1) is 17.2 Å². The van der Waals surface area contributed by atoms with Gasteiger partial charge in [-0.1, -0.05) is 36.4 Å². The molecule has 0 aliphatic carbocycles. The van der Waals surface area contributed by atoms with Crippen molar-refractivity contribution < 1.29 is 19.5 Å². The van der Waals surface area contributed by atoms with Gasteiger partial charge < -0.3 is 5.11 Å². The van der Waals surface area contributed by atoms with E-state index >= 15 is 0 Å². The summed E-state index contributed by atoms with van der Waals surface area (Å²) in [6.07, 6.45) is 0.0674. The maximum absolute atomic E-state index is 12.7. The fourth-order valence-corrected chi connectivity index (χ4v) is 2.57. The summed E-state index contributed by atoms with van der Waals surface area (Å²) in [7, 11) is 0. The van der Waals surface area contributed by atoms with E-state index in [4.69, 9.17) is 5.11 Å². The highest BCUT2D eigenvalue weighted by atomic mass is 16.4. The van der Waals surface area contributed by atoms with Crippen LogP contribution in [-0.4, -0.2) is 22.9 Å². The lowest BCUT2D eigenvalue weighted by atomic mass is 9.92. The Hall–Kier alpha value is -3.15. The van der Waals surface area contributed by atoms with Crippen LogP contribution in [0.4, 0.5) is 5.69 Å². The van der Waals surface area contributed by atoms with E-state index < -0.39 is 11.9 Å². The third-order valence-corrected chi connectivity index (χ3v) is 3.70. The van der Waals surface area contributed by atoms with E-state index in [-0.39, 0.29) is 23.8 Å². The first-order chi connectivity index (χ1) is 11.1. The highest BCUT2D eigenvalue weighted by Crippen LogP contribution is 2.28. The van der Waals surface area contributed by atoms with Gasteiger partial charge >= 0.3 is 5.97 Å². The van der Waals surface area contributed by atoms with Crippen molar-refractivity contribution in [3.05, 3.63) is 65.7 Å². The third-order valence-electron chi connectivity index (χ3n) is 3.70. The average Bonchev–Trinajstić information content (AvgIpc) is 2.57. The van der Waals surface area contributed by atoms with Crippen molar-refractivity contribution in [3.63, 3.8) is 0 Å². The van der Waals surface area contributed by atoms with E-state index in [0.717, 1.165) is 10.6 Å². The smallest absolute Gasteiger partial charge is 0.335 e. The van der Waals surface area contributed by atoms with E-state index in [1.165, 1.54) is 18.2 Å². The number of carbonyl (C=O) groups excluding carboxylic acids is 2. The molecule has 2 aromatic rings. The minimum Gasteiger partial charge on any atom is -0.478 e. The number of anilines is 1. The molecule has 1 heterocycles. The van der Waals surface area contributed by atoms with Gasteiger partial charge in [0.2, 0.25) is 5.91 Å². The van der Waals surface area contributed by atoms with Gasteiger partial charge in [-0.05, 0) is 23.8 Å². The fourth-order valence-electron chi connectivity index (χ4n) is 2.57. The highest BCUT2D eigenvalue weighted by molar-refractivity contribution is 6.06. The molecule has 0 saturated carbocycles. The summed E-state index contributed by atoms with van der Waals surface area (Å²) in [5, 5.41) is 10.2. The van der Waals surface area contributed by atoms with Gasteiger partial charge in [-0.15, -0.1) is 0 Å². The predicted octanol–water partition coefficient (Wildman–Crippen LogP) is 1.94. The van der Waals surface area contributed by atoms with Crippen LogP contribution in [0.5, 0.6) is 0 Å². The molecule has 1 unspecified atom stereocenters. The Bertz CT molecular complexity index is 773. The van der Waals surface area contributed by atoms with Crippen LogP contribution in [-0.2, 0) is 9.59 Å². The first-order valence-electron chi connectivity index (χ1n) is 7.08. The number of amides is 2. The van der Waals surface area contributed by atoms with E-state index in [2.05, 4.69) is 5.43 Å². The maximum atomic E-state index is 12.7. The fraction of sp³-hybridized carbons (Fsp3) is 0.118. The first-order valence-corrected chi connectivity index (χ1v) is 7.08. The Balaban J connectivity index is 1.96. The van der Waals surface area contributed by atoms with Crippen LogP contribution in [0, 0.1) is 0 Å². The summed E-state index contributed by atoms with van der Waals surface area (Å²) in [4.78, 5) is 35.8. The molecule has 1 saturated heterocycles. The molecule has 1 aliphatic rings. The van der Waals surface area contributed by atoms with Crippen LogP contribution in [0.25, 0.3) is 0 Å². The van der Waals surface area contributed by atoms with Gasteiger partial charge in [-0.25, -0.2) is 9.80 Å². The Labute approximate surface area is 132 Å². The van der Waals surface area contributed by atoms with Gasteiger partial charge in [-0.3, -0.25) is 15.0 Å². The standard InChI is InChI=1S/C17H14N2O4/c20-15-10-14(11-5-2-1-3-6-11)16(21)19(18-15)13-8-4-7-12(9-13)17(22)23/h1-9,14H,10H2,(H,18,20)(H,22,23). The van der Waals surface area contributed by atoms with Crippen LogP contribution >= 0.6 is 0 Å². The van der Waals surface area contributed by atoms with Gasteiger partial charge in [-0.2, -0.15) is 0 Å². The van der Waals surface area contributed by atoms with E-state index in [1.54, 1.807) is 18.2 Å². The van der Waals surface area contributed by atoms with E-state index in [0.29, 0.717) is 5.69 Å².